The summed E-state index contributed by atoms with van der Waals surface area (Å²) in [5.41, 5.74) is -0.921. The van der Waals surface area contributed by atoms with E-state index < -0.39 is 17.0 Å². The van der Waals surface area contributed by atoms with Crippen LogP contribution >= 0.6 is 15.9 Å². The van der Waals surface area contributed by atoms with Gasteiger partial charge in [-0.3, -0.25) is 9.69 Å². The van der Waals surface area contributed by atoms with Gasteiger partial charge in [-0.2, -0.15) is 0 Å². The van der Waals surface area contributed by atoms with Gasteiger partial charge in [-0.1, -0.05) is 32.9 Å². The van der Waals surface area contributed by atoms with Gasteiger partial charge in [0.1, 0.15) is 5.54 Å². The number of nitrogens with zero attached hydrogens (tertiary/aromatic N) is 1. The zero-order chi connectivity index (χ0) is 16.5. The number of likely N-dealkylation sites (tertiary alicyclic amines) is 1. The molecule has 0 aliphatic carbocycles. The van der Waals surface area contributed by atoms with Gasteiger partial charge in [0.2, 0.25) is 0 Å². The van der Waals surface area contributed by atoms with Crippen LogP contribution in [-0.4, -0.2) is 34.1 Å². The van der Waals surface area contributed by atoms with E-state index in [1.54, 1.807) is 6.07 Å². The zero-order valence-electron chi connectivity index (χ0n) is 13.0. The first kappa shape index (κ1) is 16.8. The Labute approximate surface area is 138 Å². The number of halogens is 1. The molecule has 2 N–H and O–H groups in total. The molecule has 0 spiro atoms. The van der Waals surface area contributed by atoms with Gasteiger partial charge in [0.15, 0.2) is 0 Å². The molecule has 1 aliphatic heterocycles. The van der Waals surface area contributed by atoms with Crippen molar-refractivity contribution in [2.45, 2.75) is 39.2 Å². The lowest BCUT2D eigenvalue weighted by molar-refractivity contribution is -0.131. The molecule has 22 heavy (non-hydrogen) atoms. The first-order valence-corrected chi connectivity index (χ1v) is 8.06. The fourth-order valence-electron chi connectivity index (χ4n) is 3.22. The van der Waals surface area contributed by atoms with E-state index in [-0.39, 0.29) is 5.91 Å². The van der Waals surface area contributed by atoms with E-state index in [1.165, 1.54) is 4.90 Å². The summed E-state index contributed by atoms with van der Waals surface area (Å²) in [4.78, 5) is 25.9. The average Bonchev–Trinajstić information content (AvgIpc) is 2.87. The Hall–Kier alpha value is -1.56. The molecule has 2 rings (SSSR count). The summed E-state index contributed by atoms with van der Waals surface area (Å²) < 4.78 is 0.771. The second kappa shape index (κ2) is 5.91. The molecular weight excluding hydrogens is 348 g/mol. The first-order chi connectivity index (χ1) is 10.2. The molecule has 0 saturated carbocycles. The Balaban J connectivity index is 2.41. The maximum atomic E-state index is 13.0. The summed E-state index contributed by atoms with van der Waals surface area (Å²) in [6.07, 6.45) is 0.168. The molecule has 6 heteroatoms. The monoisotopic (exact) mass is 368 g/mol. The van der Waals surface area contributed by atoms with E-state index in [0.717, 1.165) is 4.47 Å². The lowest BCUT2D eigenvalue weighted by Crippen LogP contribution is -2.62. The van der Waals surface area contributed by atoms with Crippen molar-refractivity contribution in [1.29, 1.82) is 0 Å². The fraction of sp³-hybridized carbons (Fsp3) is 0.500. The number of hydrogen-bond donors (Lipinski definition) is 2. The largest absolute Gasteiger partial charge is 0.465 e. The highest BCUT2D eigenvalue weighted by Crippen LogP contribution is 2.44. The molecule has 1 aliphatic rings. The third-order valence-electron chi connectivity index (χ3n) is 4.35. The van der Waals surface area contributed by atoms with Crippen LogP contribution in [0.2, 0.25) is 0 Å². The highest BCUT2D eigenvalue weighted by atomic mass is 79.9. The summed E-state index contributed by atoms with van der Waals surface area (Å²) in [5, 5.41) is 12.4. The van der Waals surface area contributed by atoms with Crippen LogP contribution in [0, 0.1) is 5.41 Å². The van der Waals surface area contributed by atoms with Crippen LogP contribution in [0.4, 0.5) is 10.5 Å². The molecule has 1 aromatic rings. The van der Waals surface area contributed by atoms with Crippen molar-refractivity contribution in [3.8, 4) is 0 Å². The third-order valence-corrected chi connectivity index (χ3v) is 5.04. The zero-order valence-corrected chi connectivity index (χ0v) is 14.6. The molecular formula is C16H21BrN2O3. The van der Waals surface area contributed by atoms with Crippen LogP contribution in [0.25, 0.3) is 0 Å². The smallest absolute Gasteiger partial charge is 0.408 e. The Morgan fingerprint density at radius 2 is 1.95 bits per heavy atom. The number of benzene rings is 1. The number of nitrogens with one attached hydrogen (secondary N) is 1. The van der Waals surface area contributed by atoms with Crippen molar-refractivity contribution >= 4 is 33.6 Å². The minimum absolute atomic E-state index is 0.271. The van der Waals surface area contributed by atoms with E-state index in [2.05, 4.69) is 21.2 Å². The van der Waals surface area contributed by atoms with Crippen LogP contribution < -0.4 is 5.32 Å². The van der Waals surface area contributed by atoms with Crippen molar-refractivity contribution in [1.82, 2.24) is 4.90 Å². The Morgan fingerprint density at radius 1 is 1.32 bits per heavy atom. The SMILES string of the molecule is CC(C)(C)[C@@]1(C(=O)Nc2ccccc2Br)CCCN1C(=O)O. The first-order valence-electron chi connectivity index (χ1n) is 7.27. The number of hydrogen-bond acceptors (Lipinski definition) is 2. The van der Waals surface area contributed by atoms with E-state index in [9.17, 15) is 14.7 Å². The number of carbonyl (C=O) groups excluding carboxylic acids is 1. The lowest BCUT2D eigenvalue weighted by atomic mass is 9.71. The minimum atomic E-state index is -1.06. The highest BCUT2D eigenvalue weighted by molar-refractivity contribution is 9.10. The summed E-state index contributed by atoms with van der Waals surface area (Å²) >= 11 is 3.40. The molecule has 5 nitrogen and oxygen atoms in total. The number of carboxylic acid groups (broad SMARTS) is 1. The second-order valence-corrected chi connectivity index (χ2v) is 7.44. The van der Waals surface area contributed by atoms with Gasteiger partial charge in [-0.25, -0.2) is 4.79 Å². The highest BCUT2D eigenvalue weighted by Gasteiger charge is 2.57. The third kappa shape index (κ3) is 2.72. The predicted molar refractivity (Wildman–Crippen MR) is 88.9 cm³/mol. The van der Waals surface area contributed by atoms with E-state index in [4.69, 9.17) is 0 Å². The topological polar surface area (TPSA) is 69.6 Å². The number of rotatable bonds is 2. The molecule has 0 bridgehead atoms. The quantitative estimate of drug-likeness (QED) is 0.830. The van der Waals surface area contributed by atoms with Crippen LogP contribution in [0.5, 0.6) is 0 Å². The minimum Gasteiger partial charge on any atom is -0.465 e. The standard InChI is InChI=1S/C16H21BrN2O3/c1-15(2,3)16(9-6-10-19(16)14(21)22)13(20)18-12-8-5-4-7-11(12)17/h4-5,7-8H,6,9-10H2,1-3H3,(H,18,20)(H,21,22)/t16-/m0/s1. The normalized spacial score (nSPS) is 21.7. The van der Waals surface area contributed by atoms with Crippen LogP contribution in [0.15, 0.2) is 28.7 Å². The molecule has 1 aromatic carbocycles. The Kier molecular flexibility index (Phi) is 4.52. The van der Waals surface area contributed by atoms with Crippen molar-refractivity contribution in [2.24, 2.45) is 5.41 Å². The van der Waals surface area contributed by atoms with Gasteiger partial charge >= 0.3 is 6.09 Å². The van der Waals surface area contributed by atoms with Crippen molar-refractivity contribution in [2.75, 3.05) is 11.9 Å². The predicted octanol–water partition coefficient (Wildman–Crippen LogP) is 3.95. The maximum Gasteiger partial charge on any atom is 0.408 e. The molecule has 1 saturated heterocycles. The molecule has 0 radical (unpaired) electrons. The van der Waals surface area contributed by atoms with Gasteiger partial charge < -0.3 is 10.4 Å². The fourth-order valence-corrected chi connectivity index (χ4v) is 3.61. The van der Waals surface area contributed by atoms with Gasteiger partial charge in [0.05, 0.1) is 5.69 Å². The molecule has 0 aromatic heterocycles. The van der Waals surface area contributed by atoms with Crippen molar-refractivity contribution in [3.63, 3.8) is 0 Å². The van der Waals surface area contributed by atoms with Crippen molar-refractivity contribution in [3.05, 3.63) is 28.7 Å². The van der Waals surface area contributed by atoms with Gasteiger partial charge in [0.25, 0.3) is 5.91 Å². The Morgan fingerprint density at radius 3 is 2.50 bits per heavy atom. The molecule has 1 fully saturated rings. The van der Waals surface area contributed by atoms with Gasteiger partial charge in [0, 0.05) is 11.0 Å². The van der Waals surface area contributed by atoms with E-state index in [1.807, 2.05) is 39.0 Å². The molecule has 2 amide bonds. The molecule has 120 valence electrons. The summed E-state index contributed by atoms with van der Waals surface area (Å²) in [6.45, 7) is 6.12. The van der Waals surface area contributed by atoms with E-state index in [0.29, 0.717) is 25.1 Å². The summed E-state index contributed by atoms with van der Waals surface area (Å²) in [5.74, 6) is -0.271. The molecule has 0 unspecified atom stereocenters. The number of para-hydroxylation sites is 1. The van der Waals surface area contributed by atoms with Crippen LogP contribution in [0.3, 0.4) is 0 Å². The average molecular weight is 369 g/mol. The van der Waals surface area contributed by atoms with Crippen LogP contribution in [0.1, 0.15) is 33.6 Å². The number of anilines is 1. The van der Waals surface area contributed by atoms with Crippen molar-refractivity contribution < 1.29 is 14.7 Å². The maximum absolute atomic E-state index is 13.0. The Bertz CT molecular complexity index is 597. The number of amides is 2. The lowest BCUT2D eigenvalue weighted by Gasteiger charge is -2.45. The van der Waals surface area contributed by atoms with Gasteiger partial charge in [-0.05, 0) is 46.3 Å². The number of carbonyl (C=O) groups is 2. The van der Waals surface area contributed by atoms with Crippen LogP contribution in [-0.2, 0) is 4.79 Å². The van der Waals surface area contributed by atoms with Gasteiger partial charge in [-0.15, -0.1) is 0 Å². The molecule has 1 atom stereocenters. The summed E-state index contributed by atoms with van der Waals surface area (Å²) in [7, 11) is 0. The summed E-state index contributed by atoms with van der Waals surface area (Å²) in [6, 6.07) is 7.31. The second-order valence-electron chi connectivity index (χ2n) is 6.58. The molecule has 1 heterocycles. The van der Waals surface area contributed by atoms with E-state index >= 15 is 0 Å².